The molecule has 3 rings (SSSR count). The Labute approximate surface area is 136 Å². The second-order valence-electron chi connectivity index (χ2n) is 5.78. The molecule has 0 radical (unpaired) electrons. The molecule has 4 heteroatoms. The summed E-state index contributed by atoms with van der Waals surface area (Å²) in [6.45, 7) is 5.29. The Morgan fingerprint density at radius 2 is 2.09 bits per heavy atom. The molecule has 2 aromatic rings. The van der Waals surface area contributed by atoms with Gasteiger partial charge in [0, 0.05) is 12.2 Å². The molecule has 1 aliphatic rings. The highest BCUT2D eigenvalue weighted by Gasteiger charge is 2.32. The van der Waals surface area contributed by atoms with Gasteiger partial charge in [0.15, 0.2) is 0 Å². The van der Waals surface area contributed by atoms with Gasteiger partial charge in [0.05, 0.1) is 18.6 Å². The van der Waals surface area contributed by atoms with Gasteiger partial charge in [-0.2, -0.15) is 0 Å². The van der Waals surface area contributed by atoms with Crippen molar-refractivity contribution < 1.29 is 19.0 Å². The summed E-state index contributed by atoms with van der Waals surface area (Å²) < 4.78 is 16.7. The van der Waals surface area contributed by atoms with Crippen LogP contribution in [0.5, 0.6) is 5.75 Å². The van der Waals surface area contributed by atoms with Crippen molar-refractivity contribution >= 4 is 16.7 Å². The summed E-state index contributed by atoms with van der Waals surface area (Å²) in [5.41, 5.74) is 0.921. The molecule has 1 fully saturated rings. The first-order chi connectivity index (χ1) is 11.2. The Morgan fingerprint density at radius 1 is 1.26 bits per heavy atom. The van der Waals surface area contributed by atoms with Crippen LogP contribution in [0.2, 0.25) is 0 Å². The summed E-state index contributed by atoms with van der Waals surface area (Å²) in [4.78, 5) is 12.3. The first kappa shape index (κ1) is 15.8. The highest BCUT2D eigenvalue weighted by molar-refractivity contribution is 5.88. The third-order valence-electron chi connectivity index (χ3n) is 4.34. The Kier molecular flexibility index (Phi) is 4.82. The van der Waals surface area contributed by atoms with Gasteiger partial charge in [-0.3, -0.25) is 4.79 Å². The molecule has 0 amide bonds. The van der Waals surface area contributed by atoms with E-state index in [1.807, 2.05) is 50.2 Å². The molecule has 2 aromatic carbocycles. The van der Waals surface area contributed by atoms with Crippen molar-refractivity contribution in [3.63, 3.8) is 0 Å². The topological polar surface area (TPSA) is 44.8 Å². The Morgan fingerprint density at radius 3 is 2.83 bits per heavy atom. The molecular formula is C19H22O4. The molecule has 0 N–H and O–H groups in total. The van der Waals surface area contributed by atoms with Gasteiger partial charge in [-0.25, -0.2) is 0 Å². The zero-order chi connectivity index (χ0) is 16.2. The quantitative estimate of drug-likeness (QED) is 0.789. The predicted molar refractivity (Wildman–Crippen MR) is 88.4 cm³/mol. The van der Waals surface area contributed by atoms with Crippen molar-refractivity contribution in [3.8, 4) is 5.75 Å². The van der Waals surface area contributed by atoms with E-state index in [0.717, 1.165) is 28.5 Å². The largest absolute Gasteiger partial charge is 0.493 e. The maximum absolute atomic E-state index is 12.3. The minimum atomic E-state index is -0.189. The average molecular weight is 314 g/mol. The van der Waals surface area contributed by atoms with Crippen molar-refractivity contribution in [2.45, 2.75) is 33.0 Å². The zero-order valence-electron chi connectivity index (χ0n) is 13.6. The van der Waals surface area contributed by atoms with E-state index in [4.69, 9.17) is 14.2 Å². The highest BCUT2D eigenvalue weighted by Crippen LogP contribution is 2.30. The SMILES string of the molecule is CCOc1ccc2ccccc2c1COC(=O)[C@H]1CCO[C@H]1C. The summed E-state index contributed by atoms with van der Waals surface area (Å²) in [5.74, 6) is 0.417. The molecule has 1 aliphatic heterocycles. The molecule has 2 atom stereocenters. The number of hydrogen-bond acceptors (Lipinski definition) is 4. The van der Waals surface area contributed by atoms with Crippen LogP contribution in [0.3, 0.4) is 0 Å². The van der Waals surface area contributed by atoms with Crippen LogP contribution < -0.4 is 4.74 Å². The lowest BCUT2D eigenvalue weighted by molar-refractivity contribution is -0.151. The molecule has 0 saturated carbocycles. The molecule has 0 aliphatic carbocycles. The Bertz CT molecular complexity index is 695. The maximum Gasteiger partial charge on any atom is 0.311 e. The molecular weight excluding hydrogens is 292 g/mol. The first-order valence-corrected chi connectivity index (χ1v) is 8.12. The molecule has 0 bridgehead atoms. The fourth-order valence-corrected chi connectivity index (χ4v) is 3.05. The normalized spacial score (nSPS) is 20.6. The average Bonchev–Trinajstić information content (AvgIpc) is 3.00. The van der Waals surface area contributed by atoms with Crippen LogP contribution in [0.25, 0.3) is 10.8 Å². The van der Waals surface area contributed by atoms with Gasteiger partial charge in [0.2, 0.25) is 0 Å². The second-order valence-corrected chi connectivity index (χ2v) is 5.78. The lowest BCUT2D eigenvalue weighted by Gasteiger charge is -2.16. The lowest BCUT2D eigenvalue weighted by Crippen LogP contribution is -2.23. The van der Waals surface area contributed by atoms with Crippen LogP contribution >= 0.6 is 0 Å². The van der Waals surface area contributed by atoms with E-state index in [-0.39, 0.29) is 24.6 Å². The number of benzene rings is 2. The van der Waals surface area contributed by atoms with Gasteiger partial charge in [-0.05, 0) is 37.1 Å². The van der Waals surface area contributed by atoms with E-state index in [0.29, 0.717) is 13.2 Å². The highest BCUT2D eigenvalue weighted by atomic mass is 16.5. The molecule has 4 nitrogen and oxygen atoms in total. The molecule has 122 valence electrons. The third kappa shape index (κ3) is 3.32. The van der Waals surface area contributed by atoms with Gasteiger partial charge < -0.3 is 14.2 Å². The number of carbonyl (C=O) groups is 1. The van der Waals surface area contributed by atoms with Gasteiger partial charge >= 0.3 is 5.97 Å². The molecule has 23 heavy (non-hydrogen) atoms. The first-order valence-electron chi connectivity index (χ1n) is 8.12. The molecule has 0 unspecified atom stereocenters. The van der Waals surface area contributed by atoms with Crippen molar-refractivity contribution in [2.24, 2.45) is 5.92 Å². The Hall–Kier alpha value is -2.07. The second kappa shape index (κ2) is 7.01. The van der Waals surface area contributed by atoms with E-state index in [2.05, 4.69) is 0 Å². The third-order valence-corrected chi connectivity index (χ3v) is 4.34. The number of rotatable bonds is 5. The van der Waals surface area contributed by atoms with Crippen molar-refractivity contribution in [1.82, 2.24) is 0 Å². The summed E-state index contributed by atoms with van der Waals surface area (Å²) in [7, 11) is 0. The molecule has 1 saturated heterocycles. The van der Waals surface area contributed by atoms with Gasteiger partial charge in [-0.15, -0.1) is 0 Å². The van der Waals surface area contributed by atoms with Gasteiger partial charge in [-0.1, -0.05) is 30.3 Å². The standard InChI is InChI=1S/C19H22O4/c1-3-21-18-9-8-14-6-4-5-7-16(14)17(18)12-23-19(20)15-10-11-22-13(15)2/h4-9,13,15H,3,10-12H2,1-2H3/t13-,15-/m0/s1. The summed E-state index contributed by atoms with van der Waals surface area (Å²) in [6, 6.07) is 12.0. The smallest absolute Gasteiger partial charge is 0.311 e. The van der Waals surface area contributed by atoms with Crippen LogP contribution in [-0.4, -0.2) is 25.3 Å². The van der Waals surface area contributed by atoms with Crippen LogP contribution in [0.4, 0.5) is 0 Å². The van der Waals surface area contributed by atoms with Crippen LogP contribution in [0.1, 0.15) is 25.8 Å². The predicted octanol–water partition coefficient (Wildman–Crippen LogP) is 3.71. The van der Waals surface area contributed by atoms with E-state index in [1.54, 1.807) is 0 Å². The lowest BCUT2D eigenvalue weighted by atomic mass is 10.0. The summed E-state index contributed by atoms with van der Waals surface area (Å²) in [5, 5.41) is 2.17. The Balaban J connectivity index is 1.83. The van der Waals surface area contributed by atoms with Crippen LogP contribution in [0, 0.1) is 5.92 Å². The monoisotopic (exact) mass is 314 g/mol. The van der Waals surface area contributed by atoms with E-state index in [1.165, 1.54) is 0 Å². The number of ether oxygens (including phenoxy) is 3. The molecule has 0 spiro atoms. The van der Waals surface area contributed by atoms with Crippen molar-refractivity contribution in [1.29, 1.82) is 0 Å². The summed E-state index contributed by atoms with van der Waals surface area (Å²) >= 11 is 0. The van der Waals surface area contributed by atoms with Crippen molar-refractivity contribution in [3.05, 3.63) is 42.0 Å². The minimum Gasteiger partial charge on any atom is -0.493 e. The van der Waals surface area contributed by atoms with E-state index in [9.17, 15) is 4.79 Å². The zero-order valence-corrected chi connectivity index (χ0v) is 13.6. The van der Waals surface area contributed by atoms with Crippen LogP contribution in [-0.2, 0) is 20.9 Å². The maximum atomic E-state index is 12.3. The van der Waals surface area contributed by atoms with Gasteiger partial charge in [0.25, 0.3) is 0 Å². The summed E-state index contributed by atoms with van der Waals surface area (Å²) in [6.07, 6.45) is 0.662. The number of hydrogen-bond donors (Lipinski definition) is 0. The van der Waals surface area contributed by atoms with Crippen LogP contribution in [0.15, 0.2) is 36.4 Å². The fraction of sp³-hybridized carbons (Fsp3) is 0.421. The molecule has 1 heterocycles. The number of esters is 1. The van der Waals surface area contributed by atoms with E-state index < -0.39 is 0 Å². The number of carbonyl (C=O) groups excluding carboxylic acids is 1. The van der Waals surface area contributed by atoms with E-state index >= 15 is 0 Å². The minimum absolute atomic E-state index is 0.0682. The number of fused-ring (bicyclic) bond motifs is 1. The van der Waals surface area contributed by atoms with Gasteiger partial charge in [0.1, 0.15) is 12.4 Å². The van der Waals surface area contributed by atoms with Crippen molar-refractivity contribution in [2.75, 3.05) is 13.2 Å². The fourth-order valence-electron chi connectivity index (χ4n) is 3.05. The molecule has 0 aromatic heterocycles.